The molecule has 0 aliphatic rings. The number of hydrogen-bond acceptors (Lipinski definition) is 2. The maximum absolute atomic E-state index is 14.0. The van der Waals surface area contributed by atoms with Gasteiger partial charge in [-0.05, 0) is 30.7 Å². The SMILES string of the molecule is Cc1cccc(Oc2c(F)cccc2CNC(C)C)c1. The number of hydrogen-bond donors (Lipinski definition) is 1. The molecule has 0 saturated heterocycles. The van der Waals surface area contributed by atoms with Crippen molar-refractivity contribution < 1.29 is 9.13 Å². The van der Waals surface area contributed by atoms with Gasteiger partial charge in [-0.25, -0.2) is 4.39 Å². The molecule has 0 atom stereocenters. The second-order valence-corrected chi connectivity index (χ2v) is 5.18. The van der Waals surface area contributed by atoms with Crippen molar-refractivity contribution in [3.8, 4) is 11.5 Å². The molecule has 0 radical (unpaired) electrons. The minimum absolute atomic E-state index is 0.297. The van der Waals surface area contributed by atoms with Gasteiger partial charge in [0.1, 0.15) is 5.75 Å². The Kier molecular flexibility index (Phi) is 4.74. The fraction of sp³-hybridized carbons (Fsp3) is 0.294. The van der Waals surface area contributed by atoms with Gasteiger partial charge >= 0.3 is 0 Å². The quantitative estimate of drug-likeness (QED) is 0.870. The molecule has 2 aromatic carbocycles. The van der Waals surface area contributed by atoms with Crippen LogP contribution in [-0.4, -0.2) is 6.04 Å². The van der Waals surface area contributed by atoms with Crippen LogP contribution in [0.3, 0.4) is 0 Å². The summed E-state index contributed by atoms with van der Waals surface area (Å²) in [4.78, 5) is 0. The zero-order valence-electron chi connectivity index (χ0n) is 12.1. The van der Waals surface area contributed by atoms with E-state index in [1.807, 2.05) is 37.3 Å². The highest BCUT2D eigenvalue weighted by atomic mass is 19.1. The molecule has 1 N–H and O–H groups in total. The first-order valence-corrected chi connectivity index (χ1v) is 6.81. The van der Waals surface area contributed by atoms with E-state index in [1.165, 1.54) is 6.07 Å². The van der Waals surface area contributed by atoms with Crippen LogP contribution in [0.5, 0.6) is 11.5 Å². The van der Waals surface area contributed by atoms with E-state index in [4.69, 9.17) is 4.74 Å². The molecule has 2 aromatic rings. The predicted octanol–water partition coefficient (Wildman–Crippen LogP) is 4.42. The van der Waals surface area contributed by atoms with Gasteiger partial charge < -0.3 is 10.1 Å². The van der Waals surface area contributed by atoms with Crippen LogP contribution in [-0.2, 0) is 6.54 Å². The lowest BCUT2D eigenvalue weighted by Crippen LogP contribution is -2.22. The normalized spacial score (nSPS) is 10.8. The van der Waals surface area contributed by atoms with Crippen LogP contribution in [0.15, 0.2) is 42.5 Å². The molecule has 0 saturated carbocycles. The Bertz CT molecular complexity index is 581. The molecular weight excluding hydrogens is 253 g/mol. The number of benzene rings is 2. The second kappa shape index (κ2) is 6.53. The fourth-order valence-electron chi connectivity index (χ4n) is 1.92. The number of nitrogens with one attached hydrogen (secondary N) is 1. The molecule has 0 amide bonds. The Balaban J connectivity index is 2.25. The highest BCUT2D eigenvalue weighted by Gasteiger charge is 2.11. The predicted molar refractivity (Wildman–Crippen MR) is 79.6 cm³/mol. The monoisotopic (exact) mass is 273 g/mol. The zero-order chi connectivity index (χ0) is 14.5. The molecule has 0 aromatic heterocycles. The van der Waals surface area contributed by atoms with Gasteiger partial charge in [-0.15, -0.1) is 0 Å². The molecule has 0 heterocycles. The summed E-state index contributed by atoms with van der Waals surface area (Å²) in [6, 6.07) is 13.0. The summed E-state index contributed by atoms with van der Waals surface area (Å²) in [5.74, 6) is 0.613. The summed E-state index contributed by atoms with van der Waals surface area (Å²) in [7, 11) is 0. The number of aryl methyl sites for hydroxylation is 1. The molecule has 0 fully saturated rings. The van der Waals surface area contributed by atoms with Crippen LogP contribution in [0, 0.1) is 12.7 Å². The largest absolute Gasteiger partial charge is 0.454 e. The van der Waals surface area contributed by atoms with Gasteiger partial charge in [-0.3, -0.25) is 0 Å². The van der Waals surface area contributed by atoms with Gasteiger partial charge in [0.25, 0.3) is 0 Å². The molecule has 2 rings (SSSR count). The van der Waals surface area contributed by atoms with E-state index in [0.29, 0.717) is 24.1 Å². The van der Waals surface area contributed by atoms with E-state index in [0.717, 1.165) is 11.1 Å². The second-order valence-electron chi connectivity index (χ2n) is 5.18. The van der Waals surface area contributed by atoms with Crippen molar-refractivity contribution in [3.63, 3.8) is 0 Å². The van der Waals surface area contributed by atoms with Gasteiger partial charge in [0.2, 0.25) is 0 Å². The van der Waals surface area contributed by atoms with Crippen molar-refractivity contribution >= 4 is 0 Å². The van der Waals surface area contributed by atoms with Crippen molar-refractivity contribution in [2.24, 2.45) is 0 Å². The summed E-state index contributed by atoms with van der Waals surface area (Å²) in [5, 5.41) is 3.28. The number of rotatable bonds is 5. The highest BCUT2D eigenvalue weighted by Crippen LogP contribution is 2.28. The average molecular weight is 273 g/mol. The molecule has 0 spiro atoms. The van der Waals surface area contributed by atoms with Crippen molar-refractivity contribution in [2.45, 2.75) is 33.4 Å². The van der Waals surface area contributed by atoms with Crippen LogP contribution in [0.25, 0.3) is 0 Å². The van der Waals surface area contributed by atoms with Gasteiger partial charge in [0.05, 0.1) is 0 Å². The lowest BCUT2D eigenvalue weighted by molar-refractivity contribution is 0.431. The number of ether oxygens (including phenoxy) is 1. The van der Waals surface area contributed by atoms with Crippen LogP contribution >= 0.6 is 0 Å². The Hall–Kier alpha value is -1.87. The minimum atomic E-state index is -0.338. The standard InChI is InChI=1S/C17H20FNO/c1-12(2)19-11-14-7-5-9-16(18)17(14)20-15-8-4-6-13(3)10-15/h4-10,12,19H,11H2,1-3H3. The average Bonchev–Trinajstić information content (AvgIpc) is 2.39. The zero-order valence-corrected chi connectivity index (χ0v) is 12.1. The smallest absolute Gasteiger partial charge is 0.167 e. The summed E-state index contributed by atoms with van der Waals surface area (Å²) in [5.41, 5.74) is 1.90. The van der Waals surface area contributed by atoms with Gasteiger partial charge in [-0.1, -0.05) is 38.1 Å². The lowest BCUT2D eigenvalue weighted by atomic mass is 10.1. The van der Waals surface area contributed by atoms with E-state index in [-0.39, 0.29) is 5.82 Å². The first-order valence-electron chi connectivity index (χ1n) is 6.81. The van der Waals surface area contributed by atoms with Crippen LogP contribution < -0.4 is 10.1 Å². The molecule has 0 bridgehead atoms. The minimum Gasteiger partial charge on any atom is -0.454 e. The Morgan fingerprint density at radius 2 is 1.90 bits per heavy atom. The summed E-state index contributed by atoms with van der Waals surface area (Å²) < 4.78 is 19.7. The molecule has 0 unspecified atom stereocenters. The third-order valence-corrected chi connectivity index (χ3v) is 2.96. The molecule has 0 aliphatic carbocycles. The van der Waals surface area contributed by atoms with Crippen molar-refractivity contribution in [2.75, 3.05) is 0 Å². The van der Waals surface area contributed by atoms with Gasteiger partial charge in [-0.2, -0.15) is 0 Å². The van der Waals surface area contributed by atoms with E-state index < -0.39 is 0 Å². The Morgan fingerprint density at radius 1 is 1.15 bits per heavy atom. The highest BCUT2D eigenvalue weighted by molar-refractivity contribution is 5.40. The van der Waals surface area contributed by atoms with E-state index in [2.05, 4.69) is 19.2 Å². The first-order chi connectivity index (χ1) is 9.56. The third kappa shape index (κ3) is 3.81. The number of para-hydroxylation sites is 1. The molecule has 2 nitrogen and oxygen atoms in total. The maximum Gasteiger partial charge on any atom is 0.167 e. The summed E-state index contributed by atoms with van der Waals surface area (Å²) >= 11 is 0. The summed E-state index contributed by atoms with van der Waals surface area (Å²) in [6.07, 6.45) is 0. The van der Waals surface area contributed by atoms with E-state index in [1.54, 1.807) is 6.07 Å². The molecule has 20 heavy (non-hydrogen) atoms. The molecular formula is C17H20FNO. The molecule has 106 valence electrons. The van der Waals surface area contributed by atoms with Gasteiger partial charge in [0.15, 0.2) is 11.6 Å². The van der Waals surface area contributed by atoms with E-state index >= 15 is 0 Å². The third-order valence-electron chi connectivity index (χ3n) is 2.96. The van der Waals surface area contributed by atoms with Crippen molar-refractivity contribution in [3.05, 3.63) is 59.4 Å². The lowest BCUT2D eigenvalue weighted by Gasteiger charge is -2.14. The fourth-order valence-corrected chi connectivity index (χ4v) is 1.92. The van der Waals surface area contributed by atoms with E-state index in [9.17, 15) is 4.39 Å². The molecule has 3 heteroatoms. The van der Waals surface area contributed by atoms with Crippen molar-refractivity contribution in [1.82, 2.24) is 5.32 Å². The Morgan fingerprint density at radius 3 is 2.60 bits per heavy atom. The van der Waals surface area contributed by atoms with Crippen LogP contribution in [0.1, 0.15) is 25.0 Å². The van der Waals surface area contributed by atoms with Crippen LogP contribution in [0.4, 0.5) is 4.39 Å². The maximum atomic E-state index is 14.0. The van der Waals surface area contributed by atoms with Crippen LogP contribution in [0.2, 0.25) is 0 Å². The van der Waals surface area contributed by atoms with Gasteiger partial charge in [0, 0.05) is 18.2 Å². The number of halogens is 1. The summed E-state index contributed by atoms with van der Waals surface area (Å²) in [6.45, 7) is 6.67. The van der Waals surface area contributed by atoms with Crippen molar-refractivity contribution in [1.29, 1.82) is 0 Å². The Labute approximate surface area is 119 Å². The first kappa shape index (κ1) is 14.5. The molecule has 0 aliphatic heterocycles. The topological polar surface area (TPSA) is 21.3 Å².